The van der Waals surface area contributed by atoms with Gasteiger partial charge in [-0.25, -0.2) is 4.98 Å². The molecule has 1 aromatic carbocycles. The van der Waals surface area contributed by atoms with Crippen LogP contribution in [0.2, 0.25) is 0 Å². The number of nitrogens with zero attached hydrogens (tertiary/aromatic N) is 2. The third-order valence-electron chi connectivity index (χ3n) is 2.79. The lowest BCUT2D eigenvalue weighted by molar-refractivity contribution is 0.416. The normalized spacial score (nSPS) is 11.1. The first-order valence-electron chi connectivity index (χ1n) is 6.00. The zero-order valence-corrected chi connectivity index (χ0v) is 11.6. The number of benzene rings is 1. The Kier molecular flexibility index (Phi) is 3.60. The second-order valence-corrected chi connectivity index (χ2v) is 4.85. The lowest BCUT2D eigenvalue weighted by Gasteiger charge is -2.05. The SMILES string of the molecule is COc1ccc(-c2cnco2)cc1/N=C/c1ccsc1. The molecule has 0 bridgehead atoms. The van der Waals surface area contributed by atoms with Crippen molar-refractivity contribution >= 4 is 23.2 Å². The van der Waals surface area contributed by atoms with Gasteiger partial charge in [0, 0.05) is 17.3 Å². The van der Waals surface area contributed by atoms with Crippen LogP contribution in [0.3, 0.4) is 0 Å². The summed E-state index contributed by atoms with van der Waals surface area (Å²) < 4.78 is 10.6. The highest BCUT2D eigenvalue weighted by Crippen LogP contribution is 2.32. The molecular weight excluding hydrogens is 272 g/mol. The molecule has 0 amide bonds. The highest BCUT2D eigenvalue weighted by molar-refractivity contribution is 7.08. The minimum absolute atomic E-state index is 0.708. The maximum absolute atomic E-state index is 5.33. The van der Waals surface area contributed by atoms with E-state index >= 15 is 0 Å². The van der Waals surface area contributed by atoms with Gasteiger partial charge in [0.15, 0.2) is 12.2 Å². The van der Waals surface area contributed by atoms with Crippen molar-refractivity contribution in [2.45, 2.75) is 0 Å². The summed E-state index contributed by atoms with van der Waals surface area (Å²) >= 11 is 1.64. The third-order valence-corrected chi connectivity index (χ3v) is 3.49. The number of ether oxygens (including phenoxy) is 1. The second kappa shape index (κ2) is 5.71. The van der Waals surface area contributed by atoms with E-state index < -0.39 is 0 Å². The van der Waals surface area contributed by atoms with Gasteiger partial charge in [-0.15, -0.1) is 0 Å². The van der Waals surface area contributed by atoms with Crippen molar-refractivity contribution in [1.29, 1.82) is 0 Å². The van der Waals surface area contributed by atoms with Crippen molar-refractivity contribution < 1.29 is 9.15 Å². The van der Waals surface area contributed by atoms with Crippen LogP contribution in [0.5, 0.6) is 5.75 Å². The molecule has 3 aromatic rings. The van der Waals surface area contributed by atoms with Crippen molar-refractivity contribution in [3.8, 4) is 17.1 Å². The molecule has 2 heterocycles. The third kappa shape index (κ3) is 2.62. The summed E-state index contributed by atoms with van der Waals surface area (Å²) in [6.45, 7) is 0. The fourth-order valence-corrected chi connectivity index (χ4v) is 2.41. The lowest BCUT2D eigenvalue weighted by atomic mass is 10.1. The molecule has 0 atom stereocenters. The van der Waals surface area contributed by atoms with Crippen LogP contribution in [0.15, 0.2) is 57.0 Å². The van der Waals surface area contributed by atoms with Crippen molar-refractivity contribution in [1.82, 2.24) is 4.98 Å². The number of rotatable bonds is 4. The number of aliphatic imine (C=N–C) groups is 1. The van der Waals surface area contributed by atoms with E-state index in [9.17, 15) is 0 Å². The molecule has 0 saturated heterocycles. The number of aromatic nitrogens is 1. The predicted octanol–water partition coefficient (Wildman–Crippen LogP) is 4.16. The van der Waals surface area contributed by atoms with Crippen LogP contribution < -0.4 is 4.74 Å². The van der Waals surface area contributed by atoms with Gasteiger partial charge in [0.25, 0.3) is 0 Å². The summed E-state index contributed by atoms with van der Waals surface area (Å²) in [5.41, 5.74) is 2.75. The highest BCUT2D eigenvalue weighted by atomic mass is 32.1. The number of methoxy groups -OCH3 is 1. The largest absolute Gasteiger partial charge is 0.494 e. The van der Waals surface area contributed by atoms with E-state index in [0.29, 0.717) is 5.76 Å². The van der Waals surface area contributed by atoms with Gasteiger partial charge in [-0.05, 0) is 35.0 Å². The molecule has 0 aliphatic heterocycles. The molecule has 4 nitrogen and oxygen atoms in total. The molecule has 5 heteroatoms. The first kappa shape index (κ1) is 12.6. The molecular formula is C15H12N2O2S. The smallest absolute Gasteiger partial charge is 0.181 e. The summed E-state index contributed by atoms with van der Waals surface area (Å²) in [6.07, 6.45) is 4.90. The molecule has 0 aliphatic rings. The molecule has 0 N–H and O–H groups in total. The minimum Gasteiger partial charge on any atom is -0.494 e. The topological polar surface area (TPSA) is 47.6 Å². The van der Waals surface area contributed by atoms with E-state index in [-0.39, 0.29) is 0 Å². The van der Waals surface area contributed by atoms with Crippen LogP contribution in [0.1, 0.15) is 5.56 Å². The van der Waals surface area contributed by atoms with E-state index in [1.807, 2.05) is 41.2 Å². The van der Waals surface area contributed by atoms with E-state index in [4.69, 9.17) is 9.15 Å². The van der Waals surface area contributed by atoms with Crippen LogP contribution in [-0.2, 0) is 0 Å². The van der Waals surface area contributed by atoms with Gasteiger partial charge >= 0.3 is 0 Å². The number of thiophene rings is 1. The predicted molar refractivity (Wildman–Crippen MR) is 80.1 cm³/mol. The Morgan fingerprint density at radius 3 is 3.00 bits per heavy atom. The fraction of sp³-hybridized carbons (Fsp3) is 0.0667. The van der Waals surface area contributed by atoms with Crippen molar-refractivity contribution in [2.75, 3.05) is 7.11 Å². The Hall–Kier alpha value is -2.40. The molecule has 0 saturated carbocycles. The summed E-state index contributed by atoms with van der Waals surface area (Å²) in [5, 5.41) is 4.06. The zero-order valence-electron chi connectivity index (χ0n) is 10.8. The van der Waals surface area contributed by atoms with E-state index in [2.05, 4.69) is 9.98 Å². The van der Waals surface area contributed by atoms with Gasteiger partial charge in [-0.2, -0.15) is 11.3 Å². The van der Waals surface area contributed by atoms with E-state index in [0.717, 1.165) is 22.6 Å². The maximum Gasteiger partial charge on any atom is 0.181 e. The second-order valence-electron chi connectivity index (χ2n) is 4.07. The molecule has 0 radical (unpaired) electrons. The minimum atomic E-state index is 0.708. The molecule has 100 valence electrons. The average Bonchev–Trinajstić information content (AvgIpc) is 3.18. The molecule has 0 aliphatic carbocycles. The van der Waals surface area contributed by atoms with Crippen LogP contribution in [0.4, 0.5) is 5.69 Å². The van der Waals surface area contributed by atoms with Crippen molar-refractivity contribution in [3.05, 3.63) is 53.2 Å². The summed E-state index contributed by atoms with van der Waals surface area (Å²) in [5.74, 6) is 1.43. The van der Waals surface area contributed by atoms with Gasteiger partial charge in [0.1, 0.15) is 11.4 Å². The zero-order chi connectivity index (χ0) is 13.8. The highest BCUT2D eigenvalue weighted by Gasteiger charge is 2.07. The molecule has 0 unspecified atom stereocenters. The first-order chi connectivity index (χ1) is 9.86. The van der Waals surface area contributed by atoms with Gasteiger partial charge in [0.05, 0.1) is 13.3 Å². The Morgan fingerprint density at radius 1 is 1.35 bits per heavy atom. The van der Waals surface area contributed by atoms with Gasteiger partial charge < -0.3 is 9.15 Å². The van der Waals surface area contributed by atoms with Crippen LogP contribution in [-0.4, -0.2) is 18.3 Å². The van der Waals surface area contributed by atoms with Gasteiger partial charge in [-0.3, -0.25) is 4.99 Å². The number of hydrogen-bond donors (Lipinski definition) is 0. The summed E-state index contributed by atoms with van der Waals surface area (Å²) in [7, 11) is 1.63. The molecule has 0 spiro atoms. The number of oxazole rings is 1. The Balaban J connectivity index is 1.97. The Labute approximate surface area is 120 Å². The standard InChI is InChI=1S/C15H12N2O2S/c1-18-14-3-2-12(15-8-16-10-19-15)6-13(14)17-7-11-4-5-20-9-11/h2-10H,1H3/b17-7+. The van der Waals surface area contributed by atoms with Crippen molar-refractivity contribution in [2.24, 2.45) is 4.99 Å². The molecule has 3 rings (SSSR count). The molecule has 20 heavy (non-hydrogen) atoms. The van der Waals surface area contributed by atoms with Gasteiger partial charge in [-0.1, -0.05) is 0 Å². The van der Waals surface area contributed by atoms with E-state index in [1.54, 1.807) is 24.6 Å². The monoisotopic (exact) mass is 284 g/mol. The lowest BCUT2D eigenvalue weighted by Crippen LogP contribution is -1.85. The maximum atomic E-state index is 5.33. The average molecular weight is 284 g/mol. The van der Waals surface area contributed by atoms with Crippen molar-refractivity contribution in [3.63, 3.8) is 0 Å². The molecule has 2 aromatic heterocycles. The molecule has 0 fully saturated rings. The quantitative estimate of drug-likeness (QED) is 0.676. The number of hydrogen-bond acceptors (Lipinski definition) is 5. The summed E-state index contributed by atoms with van der Waals surface area (Å²) in [4.78, 5) is 8.41. The summed E-state index contributed by atoms with van der Waals surface area (Å²) in [6, 6.07) is 7.73. The van der Waals surface area contributed by atoms with Crippen LogP contribution in [0, 0.1) is 0 Å². The van der Waals surface area contributed by atoms with Crippen LogP contribution >= 0.6 is 11.3 Å². The fourth-order valence-electron chi connectivity index (χ4n) is 1.80. The van der Waals surface area contributed by atoms with E-state index in [1.165, 1.54) is 6.39 Å². The van der Waals surface area contributed by atoms with Gasteiger partial charge in [0.2, 0.25) is 0 Å². The first-order valence-corrected chi connectivity index (χ1v) is 6.94. The Morgan fingerprint density at radius 2 is 2.30 bits per heavy atom. The Bertz CT molecular complexity index is 704. The van der Waals surface area contributed by atoms with Crippen LogP contribution in [0.25, 0.3) is 11.3 Å².